The zero-order chi connectivity index (χ0) is 17.8. The van der Waals surface area contributed by atoms with E-state index in [1.807, 2.05) is 24.3 Å². The fourth-order valence-corrected chi connectivity index (χ4v) is 4.16. The van der Waals surface area contributed by atoms with Crippen molar-refractivity contribution in [3.8, 4) is 0 Å². The normalized spacial score (nSPS) is 11.3. The molecule has 4 aromatic carbocycles. The lowest BCUT2D eigenvalue weighted by Crippen LogP contribution is -2.74. The molecule has 0 nitrogen and oxygen atoms in total. The smallest absolute Gasteiger partial charge is 0.120 e. The molecule has 26 heavy (non-hydrogen) atoms. The van der Waals surface area contributed by atoms with Gasteiger partial charge in [-0.05, 0) is 6.07 Å². The van der Waals surface area contributed by atoms with Gasteiger partial charge in [0.15, 0.2) is 0 Å². The van der Waals surface area contributed by atoms with Crippen molar-refractivity contribution in [1.82, 2.24) is 0 Å². The highest BCUT2D eigenvalue weighted by atomic mass is 19.1. The molecule has 0 fully saturated rings. The van der Waals surface area contributed by atoms with Gasteiger partial charge in [-0.3, -0.25) is 0 Å². The molecular formula is C24H19BF-. The van der Waals surface area contributed by atoms with E-state index in [2.05, 4.69) is 72.8 Å². The van der Waals surface area contributed by atoms with Crippen molar-refractivity contribution in [2.75, 3.05) is 0 Å². The molecule has 0 amide bonds. The van der Waals surface area contributed by atoms with Gasteiger partial charge in [0.2, 0.25) is 0 Å². The lowest BCUT2D eigenvalue weighted by molar-refractivity contribution is 0.629. The average Bonchev–Trinajstić information content (AvgIpc) is 2.71. The van der Waals surface area contributed by atoms with Gasteiger partial charge in [-0.25, -0.2) is 4.39 Å². The van der Waals surface area contributed by atoms with Crippen LogP contribution in [0.1, 0.15) is 0 Å². The van der Waals surface area contributed by atoms with E-state index in [9.17, 15) is 4.39 Å². The van der Waals surface area contributed by atoms with Crippen LogP contribution in [-0.4, -0.2) is 6.15 Å². The molecular weight excluding hydrogens is 318 g/mol. The first-order chi connectivity index (χ1) is 12.8. The summed E-state index contributed by atoms with van der Waals surface area (Å²) >= 11 is 0. The van der Waals surface area contributed by atoms with Gasteiger partial charge in [0.1, 0.15) is 12.0 Å². The van der Waals surface area contributed by atoms with Crippen molar-refractivity contribution < 1.29 is 4.39 Å². The molecule has 4 rings (SSSR count). The average molecular weight is 337 g/mol. The zero-order valence-electron chi connectivity index (χ0n) is 14.4. The lowest BCUT2D eigenvalue weighted by Gasteiger charge is -2.44. The minimum Gasteiger partial charge on any atom is -0.207 e. The van der Waals surface area contributed by atoms with Gasteiger partial charge in [-0.2, -0.15) is 21.9 Å². The van der Waals surface area contributed by atoms with Crippen LogP contribution in [0.3, 0.4) is 0 Å². The molecule has 2 heteroatoms. The molecule has 0 aromatic heterocycles. The Morgan fingerprint density at radius 1 is 0.423 bits per heavy atom. The third-order valence-corrected chi connectivity index (χ3v) is 5.25. The highest BCUT2D eigenvalue weighted by Gasteiger charge is 2.31. The second kappa shape index (κ2) is 7.01. The Morgan fingerprint density at radius 2 is 0.808 bits per heavy atom. The van der Waals surface area contributed by atoms with Crippen molar-refractivity contribution in [3.05, 3.63) is 121 Å². The largest absolute Gasteiger partial charge is 0.207 e. The fourth-order valence-electron chi connectivity index (χ4n) is 4.16. The highest BCUT2D eigenvalue weighted by molar-refractivity contribution is 7.19. The first-order valence-corrected chi connectivity index (χ1v) is 8.90. The van der Waals surface area contributed by atoms with E-state index < -0.39 is 6.15 Å². The maximum absolute atomic E-state index is 14.3. The first-order valence-electron chi connectivity index (χ1n) is 8.90. The van der Waals surface area contributed by atoms with Crippen LogP contribution >= 0.6 is 0 Å². The molecule has 126 valence electrons. The molecule has 0 aliphatic carbocycles. The van der Waals surface area contributed by atoms with Crippen molar-refractivity contribution in [2.45, 2.75) is 0 Å². The van der Waals surface area contributed by atoms with E-state index in [1.165, 1.54) is 22.5 Å². The van der Waals surface area contributed by atoms with Crippen LogP contribution in [0.5, 0.6) is 0 Å². The van der Waals surface area contributed by atoms with Gasteiger partial charge < -0.3 is 0 Å². The summed E-state index contributed by atoms with van der Waals surface area (Å²) in [6, 6.07) is 38.3. The van der Waals surface area contributed by atoms with E-state index in [4.69, 9.17) is 0 Å². The van der Waals surface area contributed by atoms with Gasteiger partial charge >= 0.3 is 0 Å². The van der Waals surface area contributed by atoms with E-state index >= 15 is 0 Å². The number of rotatable bonds is 4. The third kappa shape index (κ3) is 2.74. The monoisotopic (exact) mass is 337 g/mol. The standard InChI is InChI=1S/C24H19BF/c26-24-18-10-17-23(19-24)25(20-11-4-1-5-12-20,21-13-6-2-7-14-21)22-15-8-3-9-16-22/h1-19H/q-1. The summed E-state index contributed by atoms with van der Waals surface area (Å²) in [6.07, 6.45) is -1.47. The maximum atomic E-state index is 14.3. The van der Waals surface area contributed by atoms with Crippen molar-refractivity contribution in [2.24, 2.45) is 0 Å². The van der Waals surface area contributed by atoms with Crippen LogP contribution < -0.4 is 21.9 Å². The molecule has 0 radical (unpaired) electrons. The molecule has 0 atom stereocenters. The van der Waals surface area contributed by atoms with E-state index in [0.717, 1.165) is 5.46 Å². The Bertz CT molecular complexity index is 885. The summed E-state index contributed by atoms with van der Waals surface area (Å²) in [5.74, 6) is -0.212. The van der Waals surface area contributed by atoms with Crippen LogP contribution in [0.15, 0.2) is 115 Å². The van der Waals surface area contributed by atoms with Crippen LogP contribution in [0.2, 0.25) is 0 Å². The second-order valence-corrected chi connectivity index (χ2v) is 6.65. The number of benzene rings is 4. The molecule has 4 aromatic rings. The lowest BCUT2D eigenvalue weighted by atomic mass is 9.13. The molecule has 0 spiro atoms. The Hall–Kier alpha value is -3.13. The molecule has 0 aliphatic rings. The zero-order valence-corrected chi connectivity index (χ0v) is 14.4. The quantitative estimate of drug-likeness (QED) is 0.502. The molecule has 0 bridgehead atoms. The van der Waals surface area contributed by atoms with Crippen molar-refractivity contribution >= 4 is 28.0 Å². The Kier molecular flexibility index (Phi) is 4.41. The minimum absolute atomic E-state index is 0.212. The van der Waals surface area contributed by atoms with Gasteiger partial charge in [-0.1, -0.05) is 109 Å². The fraction of sp³-hybridized carbons (Fsp3) is 0. The molecule has 0 unspecified atom stereocenters. The van der Waals surface area contributed by atoms with Crippen molar-refractivity contribution in [1.29, 1.82) is 0 Å². The Labute approximate surface area is 153 Å². The summed E-state index contributed by atoms with van der Waals surface area (Å²) in [7, 11) is 0. The highest BCUT2D eigenvalue weighted by Crippen LogP contribution is 2.10. The maximum Gasteiger partial charge on any atom is 0.120 e. The summed E-state index contributed by atoms with van der Waals surface area (Å²) in [4.78, 5) is 0. The van der Waals surface area contributed by atoms with Gasteiger partial charge in [0.25, 0.3) is 0 Å². The predicted octanol–water partition coefficient (Wildman–Crippen LogP) is 3.20. The summed E-state index contributed by atoms with van der Waals surface area (Å²) in [6.45, 7) is 0. The molecule has 0 saturated carbocycles. The van der Waals surface area contributed by atoms with Crippen LogP contribution in [0.4, 0.5) is 4.39 Å². The van der Waals surface area contributed by atoms with Gasteiger partial charge in [0.05, 0.1) is 0 Å². The summed E-state index contributed by atoms with van der Waals surface area (Å²) < 4.78 is 14.3. The van der Waals surface area contributed by atoms with Gasteiger partial charge in [0, 0.05) is 0 Å². The Balaban J connectivity index is 2.14. The van der Waals surface area contributed by atoms with E-state index in [1.54, 1.807) is 12.1 Å². The second-order valence-electron chi connectivity index (χ2n) is 6.65. The predicted molar refractivity (Wildman–Crippen MR) is 110 cm³/mol. The van der Waals surface area contributed by atoms with Crippen LogP contribution in [0.25, 0.3) is 0 Å². The van der Waals surface area contributed by atoms with Crippen LogP contribution in [0, 0.1) is 5.82 Å². The summed E-state index contributed by atoms with van der Waals surface area (Å²) in [5, 5.41) is 0. The number of halogens is 1. The Morgan fingerprint density at radius 3 is 1.19 bits per heavy atom. The van der Waals surface area contributed by atoms with E-state index in [0.29, 0.717) is 0 Å². The molecule has 0 heterocycles. The molecule has 0 saturated heterocycles. The molecule has 0 aliphatic heterocycles. The van der Waals surface area contributed by atoms with Crippen LogP contribution in [-0.2, 0) is 0 Å². The SMILES string of the molecule is Fc1cccc([B-](c2ccccc2)(c2ccccc2)c2ccccc2)c1. The first kappa shape index (κ1) is 16.3. The van der Waals surface area contributed by atoms with E-state index in [-0.39, 0.29) is 5.82 Å². The third-order valence-electron chi connectivity index (χ3n) is 5.25. The molecule has 0 N–H and O–H groups in total. The van der Waals surface area contributed by atoms with Gasteiger partial charge in [-0.15, -0.1) is 0 Å². The summed E-state index contributed by atoms with van der Waals surface area (Å²) in [5.41, 5.74) is 4.51. The minimum atomic E-state index is -1.47. The topological polar surface area (TPSA) is 0 Å². The number of hydrogen-bond donors (Lipinski definition) is 0. The number of hydrogen-bond acceptors (Lipinski definition) is 0. The van der Waals surface area contributed by atoms with Crippen molar-refractivity contribution in [3.63, 3.8) is 0 Å².